The summed E-state index contributed by atoms with van der Waals surface area (Å²) in [6, 6.07) is 23.0. The second-order valence-electron chi connectivity index (χ2n) is 19.5. The SMILES string of the molecule is CCCOc1c2cccc1Cc1cc3cc(c1OCCC)Cc1cccc(c1OCCC)Cc1cc(cc(c1OCCC)C2)C=NNC(=O)C(C(C)C)NC(=O)c1cccc(n1)C(=O)NC(C(C)C)C(=O)NN=C3. The molecule has 4 N–H and O–H groups in total. The maximum Gasteiger partial charge on any atom is 0.270 e. The molecule has 15 nitrogen and oxygen atoms in total. The lowest BCUT2D eigenvalue weighted by molar-refractivity contribution is -0.124. The van der Waals surface area contributed by atoms with Crippen molar-refractivity contribution in [1.82, 2.24) is 26.5 Å². The number of aromatic nitrogens is 1. The van der Waals surface area contributed by atoms with E-state index in [-0.39, 0.29) is 23.2 Å². The van der Waals surface area contributed by atoms with Crippen LogP contribution in [0.2, 0.25) is 0 Å². The summed E-state index contributed by atoms with van der Waals surface area (Å²) in [7, 11) is 0. The minimum absolute atomic E-state index is 0.0889. The molecule has 4 amide bonds. The maximum absolute atomic E-state index is 13.9. The number of hydrogen-bond acceptors (Lipinski definition) is 11. The highest BCUT2D eigenvalue weighted by Crippen LogP contribution is 2.40. The van der Waals surface area contributed by atoms with Crippen molar-refractivity contribution in [1.29, 1.82) is 0 Å². The van der Waals surface area contributed by atoms with Gasteiger partial charge in [0.2, 0.25) is 0 Å². The number of rotatable bonds is 14. The molecule has 2 aliphatic heterocycles. The Hall–Kier alpha value is -7.55. The molecular formula is C59H71N7O8. The van der Waals surface area contributed by atoms with Crippen LogP contribution in [0.25, 0.3) is 0 Å². The van der Waals surface area contributed by atoms with Crippen LogP contribution in [-0.2, 0) is 35.3 Å². The van der Waals surface area contributed by atoms with E-state index in [1.54, 1.807) is 40.1 Å². The average molecular weight is 1010 g/mol. The first-order chi connectivity index (χ1) is 35.8. The van der Waals surface area contributed by atoms with Gasteiger partial charge in [0, 0.05) is 25.7 Å². The van der Waals surface area contributed by atoms with Crippen molar-refractivity contribution in [3.05, 3.63) is 146 Å². The molecule has 12 bridgehead atoms. The number of para-hydroxylation sites is 2. The highest BCUT2D eigenvalue weighted by Gasteiger charge is 2.29. The number of carbonyl (C=O) groups excluding carboxylic acids is 4. The average Bonchev–Trinajstić information content (AvgIpc) is 3.37. The third-order valence-corrected chi connectivity index (χ3v) is 12.7. The molecule has 0 radical (unpaired) electrons. The van der Waals surface area contributed by atoms with Crippen LogP contribution in [0, 0.1) is 11.8 Å². The lowest BCUT2D eigenvalue weighted by Crippen LogP contribution is -2.49. The first-order valence-electron chi connectivity index (χ1n) is 26.1. The summed E-state index contributed by atoms with van der Waals surface area (Å²) in [6.45, 7) is 17.5. The number of ether oxygens (including phenoxy) is 4. The Labute approximate surface area is 435 Å². The lowest BCUT2D eigenvalue weighted by Gasteiger charge is -2.23. The Morgan fingerprint density at radius 2 is 0.757 bits per heavy atom. The third-order valence-electron chi connectivity index (χ3n) is 12.7. The number of hydrazone groups is 2. The summed E-state index contributed by atoms with van der Waals surface area (Å²) in [6.07, 6.45) is 8.14. The molecule has 0 spiro atoms. The normalized spacial score (nSPS) is 16.2. The molecule has 0 fully saturated rings. The number of carbonyl (C=O) groups is 4. The van der Waals surface area contributed by atoms with Crippen molar-refractivity contribution in [2.75, 3.05) is 26.4 Å². The molecule has 2 atom stereocenters. The quantitative estimate of drug-likeness (QED) is 0.0825. The van der Waals surface area contributed by atoms with Gasteiger partial charge in [-0.1, -0.05) is 97.9 Å². The Morgan fingerprint density at radius 1 is 0.459 bits per heavy atom. The second kappa shape index (κ2) is 25.9. The molecule has 1 aromatic heterocycles. The Morgan fingerprint density at radius 3 is 1.05 bits per heavy atom. The molecule has 0 saturated heterocycles. The van der Waals surface area contributed by atoms with Crippen LogP contribution in [0.3, 0.4) is 0 Å². The van der Waals surface area contributed by atoms with E-state index in [0.717, 1.165) is 104 Å². The van der Waals surface area contributed by atoms with Gasteiger partial charge < -0.3 is 29.6 Å². The summed E-state index contributed by atoms with van der Waals surface area (Å²) in [5.74, 6) is -0.101. The van der Waals surface area contributed by atoms with Gasteiger partial charge in [-0.2, -0.15) is 10.2 Å². The zero-order chi connectivity index (χ0) is 52.7. The van der Waals surface area contributed by atoms with Gasteiger partial charge >= 0.3 is 0 Å². The number of benzene rings is 4. The topological polar surface area (TPSA) is 191 Å². The fourth-order valence-corrected chi connectivity index (χ4v) is 9.12. The van der Waals surface area contributed by atoms with Crippen LogP contribution in [0.5, 0.6) is 23.0 Å². The smallest absolute Gasteiger partial charge is 0.270 e. The van der Waals surface area contributed by atoms with Crippen LogP contribution < -0.4 is 40.4 Å². The highest BCUT2D eigenvalue weighted by molar-refractivity contribution is 6.00. The molecule has 0 saturated carbocycles. The van der Waals surface area contributed by atoms with Gasteiger partial charge in [-0.25, -0.2) is 15.8 Å². The highest BCUT2D eigenvalue weighted by atomic mass is 16.5. The third kappa shape index (κ3) is 13.5. The molecule has 15 heteroatoms. The summed E-state index contributed by atoms with van der Waals surface area (Å²) in [5.41, 5.74) is 14.0. The summed E-state index contributed by atoms with van der Waals surface area (Å²) in [4.78, 5) is 59.6. The van der Waals surface area contributed by atoms with Crippen LogP contribution in [0.15, 0.2) is 89.1 Å². The van der Waals surface area contributed by atoms with E-state index < -0.39 is 35.7 Å². The van der Waals surface area contributed by atoms with E-state index >= 15 is 0 Å². The minimum Gasteiger partial charge on any atom is -0.493 e. The molecule has 8 rings (SSSR count). The van der Waals surface area contributed by atoms with Crippen molar-refractivity contribution >= 4 is 36.1 Å². The van der Waals surface area contributed by atoms with Crippen molar-refractivity contribution in [2.24, 2.45) is 22.0 Å². The van der Waals surface area contributed by atoms with Crippen LogP contribution in [0.1, 0.15) is 158 Å². The first-order valence-corrected chi connectivity index (χ1v) is 26.1. The summed E-state index contributed by atoms with van der Waals surface area (Å²) < 4.78 is 27.0. The molecule has 1 aliphatic carbocycles. The van der Waals surface area contributed by atoms with Crippen LogP contribution >= 0.6 is 0 Å². The van der Waals surface area contributed by atoms with E-state index in [4.69, 9.17) is 18.9 Å². The number of pyridine rings is 1. The van der Waals surface area contributed by atoms with E-state index in [0.29, 0.717) is 52.1 Å². The Bertz CT molecular complexity index is 2600. The molecule has 3 heterocycles. The summed E-state index contributed by atoms with van der Waals surface area (Å²) >= 11 is 0. The molecule has 5 aromatic rings. The zero-order valence-corrected chi connectivity index (χ0v) is 44.1. The van der Waals surface area contributed by atoms with Crippen molar-refractivity contribution in [2.45, 2.75) is 119 Å². The largest absolute Gasteiger partial charge is 0.493 e. The van der Waals surface area contributed by atoms with Gasteiger partial charge in [-0.15, -0.1) is 0 Å². The van der Waals surface area contributed by atoms with Crippen molar-refractivity contribution in [3.63, 3.8) is 0 Å². The van der Waals surface area contributed by atoms with Gasteiger partial charge in [0.1, 0.15) is 46.5 Å². The van der Waals surface area contributed by atoms with E-state index in [9.17, 15) is 19.2 Å². The van der Waals surface area contributed by atoms with Crippen molar-refractivity contribution < 1.29 is 38.1 Å². The van der Waals surface area contributed by atoms with Gasteiger partial charge in [0.15, 0.2) is 0 Å². The molecule has 390 valence electrons. The fourth-order valence-electron chi connectivity index (χ4n) is 9.12. The Kier molecular flexibility index (Phi) is 19.0. The van der Waals surface area contributed by atoms with Crippen molar-refractivity contribution in [3.8, 4) is 23.0 Å². The predicted octanol–water partition coefficient (Wildman–Crippen LogP) is 9.04. The molecule has 74 heavy (non-hydrogen) atoms. The number of nitrogens with zero attached hydrogens (tertiary/aromatic N) is 3. The predicted molar refractivity (Wildman–Crippen MR) is 288 cm³/mol. The number of amides is 4. The van der Waals surface area contributed by atoms with Crippen LogP contribution in [-0.4, -0.2) is 79.6 Å². The van der Waals surface area contributed by atoms with E-state index in [2.05, 4.69) is 101 Å². The number of fused-ring (bicyclic) bond motifs is 10. The summed E-state index contributed by atoms with van der Waals surface area (Å²) in [5, 5.41) is 14.5. The monoisotopic (exact) mass is 1010 g/mol. The molecule has 4 aromatic carbocycles. The molecule has 2 unspecified atom stereocenters. The molecular weight excluding hydrogens is 935 g/mol. The number of hydrogen-bond donors (Lipinski definition) is 4. The van der Waals surface area contributed by atoms with E-state index in [1.165, 1.54) is 18.2 Å². The fraction of sp³-hybridized carbons (Fsp3) is 0.407. The maximum atomic E-state index is 13.9. The lowest BCUT2D eigenvalue weighted by atomic mass is 9.90. The van der Waals surface area contributed by atoms with E-state index in [1.807, 2.05) is 24.3 Å². The first kappa shape index (κ1) is 54.2. The van der Waals surface area contributed by atoms with Gasteiger partial charge in [0.05, 0.1) is 38.9 Å². The molecule has 3 aliphatic rings. The van der Waals surface area contributed by atoms with Gasteiger partial charge in [-0.05, 0) is 130 Å². The minimum atomic E-state index is -1.02. The second-order valence-corrected chi connectivity index (χ2v) is 19.5. The zero-order valence-electron chi connectivity index (χ0n) is 44.1. The number of nitrogens with one attached hydrogen (secondary N) is 4. The van der Waals surface area contributed by atoms with Gasteiger partial charge in [-0.3, -0.25) is 19.2 Å². The standard InChI is InChI=1S/C59H71N7O8/c1-9-22-71-52-40-16-13-17-41(52)31-45-27-39-29-47(55(45)74-25-12-4)33-43-19-14-18-42(53(43)72-23-10-2)32-46-28-38(26-44(30-40)54(46)73-24-11-3)34-60-65-58(69)50(36(5)6)63-56(67)48-20-15-21-49(62-48)57(68)64-51(37(7)8)59(70)66-61-35-39/h13-21,26-29,34-37,50-51H,9-12,22-25,30-33H2,1-8H3,(H,63,67)(H,64,68)(H,65,69)(H,66,70). The van der Waals surface area contributed by atoms with Crippen LogP contribution in [0.4, 0.5) is 0 Å². The van der Waals surface area contributed by atoms with Gasteiger partial charge in [0.25, 0.3) is 23.6 Å². The Balaban J connectivity index is 1.49.